The Balaban J connectivity index is 2.38. The predicted octanol–water partition coefficient (Wildman–Crippen LogP) is 4.07. The minimum absolute atomic E-state index is 0.239. The van der Waals surface area contributed by atoms with Crippen molar-refractivity contribution in [2.24, 2.45) is 0 Å². The van der Waals surface area contributed by atoms with E-state index in [1.807, 2.05) is 13.0 Å². The molecule has 20 heavy (non-hydrogen) atoms. The minimum atomic E-state index is -0.959. The summed E-state index contributed by atoms with van der Waals surface area (Å²) in [5.74, 6) is -0.959. The van der Waals surface area contributed by atoms with Gasteiger partial charge in [0.1, 0.15) is 6.07 Å². The fourth-order valence-corrected chi connectivity index (χ4v) is 2.16. The number of nitrogens with zero attached hydrogens (tertiary/aromatic N) is 1. The molecule has 100 valence electrons. The molecule has 0 saturated heterocycles. The summed E-state index contributed by atoms with van der Waals surface area (Å²) >= 11 is 3.36. The van der Waals surface area contributed by atoms with Gasteiger partial charge in [0.2, 0.25) is 0 Å². The van der Waals surface area contributed by atoms with Crippen molar-refractivity contribution in [3.63, 3.8) is 0 Å². The summed E-state index contributed by atoms with van der Waals surface area (Å²) in [4.78, 5) is 10.9. The van der Waals surface area contributed by atoms with Crippen molar-refractivity contribution in [3.05, 3.63) is 57.6 Å². The highest BCUT2D eigenvalue weighted by molar-refractivity contribution is 9.10. The number of carboxylic acids is 1. The molecule has 0 aromatic heterocycles. The molecule has 0 aliphatic rings. The summed E-state index contributed by atoms with van der Waals surface area (Å²) in [7, 11) is 0. The molecule has 0 aliphatic carbocycles. The first kappa shape index (κ1) is 14.1. The lowest BCUT2D eigenvalue weighted by Crippen LogP contribution is -2.00. The fourth-order valence-electron chi connectivity index (χ4n) is 1.80. The van der Waals surface area contributed by atoms with Gasteiger partial charge in [0.15, 0.2) is 0 Å². The van der Waals surface area contributed by atoms with Crippen LogP contribution >= 0.6 is 15.9 Å². The number of aryl methyl sites for hydroxylation is 1. The summed E-state index contributed by atoms with van der Waals surface area (Å²) in [6, 6.07) is 12.3. The Bertz CT molecular complexity index is 720. The molecule has 0 radical (unpaired) electrons. The first-order valence-electron chi connectivity index (χ1n) is 5.82. The summed E-state index contributed by atoms with van der Waals surface area (Å²) in [6.45, 7) is 1.82. The van der Waals surface area contributed by atoms with E-state index in [1.165, 1.54) is 6.07 Å². The number of carbonyl (C=O) groups is 1. The van der Waals surface area contributed by atoms with Crippen LogP contribution in [0.15, 0.2) is 40.9 Å². The molecule has 0 bridgehead atoms. The van der Waals surface area contributed by atoms with Gasteiger partial charge in [0, 0.05) is 10.2 Å². The number of hydrogen-bond acceptors (Lipinski definition) is 3. The van der Waals surface area contributed by atoms with Crippen LogP contribution in [0.2, 0.25) is 0 Å². The number of halogens is 1. The van der Waals surface area contributed by atoms with E-state index in [9.17, 15) is 4.79 Å². The van der Waals surface area contributed by atoms with Gasteiger partial charge < -0.3 is 10.4 Å². The van der Waals surface area contributed by atoms with E-state index < -0.39 is 5.97 Å². The molecule has 0 heterocycles. The Kier molecular flexibility index (Phi) is 4.06. The maximum absolute atomic E-state index is 10.9. The molecule has 0 spiro atoms. The lowest BCUT2D eigenvalue weighted by molar-refractivity contribution is 0.0697. The van der Waals surface area contributed by atoms with Gasteiger partial charge in [-0.05, 0) is 48.9 Å². The second-order valence-corrected chi connectivity index (χ2v) is 5.18. The molecule has 0 fully saturated rings. The van der Waals surface area contributed by atoms with Crippen molar-refractivity contribution in [2.75, 3.05) is 5.32 Å². The highest BCUT2D eigenvalue weighted by Gasteiger charge is 2.08. The zero-order valence-electron chi connectivity index (χ0n) is 10.6. The minimum Gasteiger partial charge on any atom is -0.478 e. The van der Waals surface area contributed by atoms with Crippen molar-refractivity contribution in [1.82, 2.24) is 0 Å². The number of carboxylic acid groups (broad SMARTS) is 1. The molecular formula is C15H11BrN2O2. The van der Waals surface area contributed by atoms with Crippen LogP contribution in [-0.4, -0.2) is 11.1 Å². The molecule has 2 rings (SSSR count). The van der Waals surface area contributed by atoms with Crippen LogP contribution in [0.25, 0.3) is 0 Å². The summed E-state index contributed by atoms with van der Waals surface area (Å²) in [5.41, 5.74) is 3.00. The van der Waals surface area contributed by atoms with Gasteiger partial charge in [0.05, 0.1) is 16.8 Å². The molecule has 0 aliphatic heterocycles. The molecule has 0 atom stereocenters. The molecule has 5 heteroatoms. The Morgan fingerprint density at radius 2 is 2.00 bits per heavy atom. The van der Waals surface area contributed by atoms with Gasteiger partial charge in [-0.25, -0.2) is 4.79 Å². The number of anilines is 2. The topological polar surface area (TPSA) is 73.1 Å². The number of nitriles is 1. The quantitative estimate of drug-likeness (QED) is 0.889. The van der Waals surface area contributed by atoms with E-state index >= 15 is 0 Å². The van der Waals surface area contributed by atoms with Crippen LogP contribution in [0.4, 0.5) is 11.4 Å². The molecule has 2 N–H and O–H groups in total. The van der Waals surface area contributed by atoms with Gasteiger partial charge in [-0.1, -0.05) is 15.9 Å². The molecule has 0 saturated carbocycles. The zero-order chi connectivity index (χ0) is 14.7. The number of benzene rings is 2. The average molecular weight is 331 g/mol. The van der Waals surface area contributed by atoms with Crippen LogP contribution in [0, 0.1) is 18.3 Å². The predicted molar refractivity (Wildman–Crippen MR) is 80.3 cm³/mol. The average Bonchev–Trinajstić information content (AvgIpc) is 2.41. The normalized spacial score (nSPS) is 9.85. The van der Waals surface area contributed by atoms with E-state index in [1.54, 1.807) is 24.3 Å². The maximum Gasteiger partial charge on any atom is 0.335 e. The number of rotatable bonds is 3. The van der Waals surface area contributed by atoms with Crippen LogP contribution in [0.3, 0.4) is 0 Å². The third kappa shape index (κ3) is 2.98. The van der Waals surface area contributed by atoms with Crippen molar-refractivity contribution < 1.29 is 9.90 Å². The third-order valence-electron chi connectivity index (χ3n) is 2.84. The number of hydrogen-bond donors (Lipinski definition) is 2. The van der Waals surface area contributed by atoms with Gasteiger partial charge in [-0.2, -0.15) is 5.26 Å². The Labute approximate surface area is 124 Å². The summed E-state index contributed by atoms with van der Waals surface area (Å²) in [5, 5.41) is 21.2. The molecular weight excluding hydrogens is 320 g/mol. The van der Waals surface area contributed by atoms with E-state index in [0.29, 0.717) is 11.3 Å². The number of nitrogens with one attached hydrogen (secondary N) is 1. The Morgan fingerprint density at radius 1 is 1.25 bits per heavy atom. The van der Waals surface area contributed by atoms with E-state index in [4.69, 9.17) is 10.4 Å². The van der Waals surface area contributed by atoms with Crippen LogP contribution in [0.5, 0.6) is 0 Å². The van der Waals surface area contributed by atoms with Gasteiger partial charge in [-0.3, -0.25) is 0 Å². The Hall–Kier alpha value is -2.32. The molecule has 2 aromatic rings. The molecule has 2 aromatic carbocycles. The lowest BCUT2D eigenvalue weighted by Gasteiger charge is -2.12. The van der Waals surface area contributed by atoms with Gasteiger partial charge in [0.25, 0.3) is 0 Å². The first-order chi connectivity index (χ1) is 9.51. The smallest absolute Gasteiger partial charge is 0.335 e. The van der Waals surface area contributed by atoms with Crippen molar-refractivity contribution >= 4 is 33.3 Å². The lowest BCUT2D eigenvalue weighted by atomic mass is 10.1. The summed E-state index contributed by atoms with van der Waals surface area (Å²) < 4.78 is 0.860. The second-order valence-electron chi connectivity index (χ2n) is 4.26. The third-order valence-corrected chi connectivity index (χ3v) is 3.34. The highest BCUT2D eigenvalue weighted by Crippen LogP contribution is 2.26. The SMILES string of the molecule is Cc1cc(C(=O)O)ccc1Nc1cc(Br)ccc1C#N. The first-order valence-corrected chi connectivity index (χ1v) is 6.61. The van der Waals surface area contributed by atoms with Crippen molar-refractivity contribution in [3.8, 4) is 6.07 Å². The van der Waals surface area contributed by atoms with Crippen LogP contribution < -0.4 is 5.32 Å². The molecule has 4 nitrogen and oxygen atoms in total. The number of aromatic carboxylic acids is 1. The van der Waals surface area contributed by atoms with E-state index in [2.05, 4.69) is 27.3 Å². The standard InChI is InChI=1S/C15H11BrN2O2/c1-9-6-10(15(19)20)3-5-13(9)18-14-7-12(16)4-2-11(14)8-17/h2-7,18H,1H3,(H,19,20). The second kappa shape index (κ2) is 5.76. The van der Waals surface area contributed by atoms with Crippen LogP contribution in [0.1, 0.15) is 21.5 Å². The zero-order valence-corrected chi connectivity index (χ0v) is 12.2. The van der Waals surface area contributed by atoms with E-state index in [0.717, 1.165) is 15.7 Å². The maximum atomic E-state index is 10.9. The van der Waals surface area contributed by atoms with Crippen LogP contribution in [-0.2, 0) is 0 Å². The summed E-state index contributed by atoms with van der Waals surface area (Å²) in [6.07, 6.45) is 0. The van der Waals surface area contributed by atoms with Gasteiger partial charge >= 0.3 is 5.97 Å². The van der Waals surface area contributed by atoms with Crippen molar-refractivity contribution in [1.29, 1.82) is 5.26 Å². The molecule has 0 amide bonds. The monoisotopic (exact) mass is 330 g/mol. The largest absolute Gasteiger partial charge is 0.478 e. The molecule has 0 unspecified atom stereocenters. The fraction of sp³-hybridized carbons (Fsp3) is 0.0667. The van der Waals surface area contributed by atoms with E-state index in [-0.39, 0.29) is 5.56 Å². The Morgan fingerprint density at radius 3 is 2.60 bits per heavy atom. The van der Waals surface area contributed by atoms with Gasteiger partial charge in [-0.15, -0.1) is 0 Å². The highest BCUT2D eigenvalue weighted by atomic mass is 79.9. The van der Waals surface area contributed by atoms with Crippen molar-refractivity contribution in [2.45, 2.75) is 6.92 Å².